The Bertz CT molecular complexity index is 511. The average Bonchev–Trinajstić information content (AvgIpc) is 2.35. The van der Waals surface area contributed by atoms with Crippen LogP contribution < -0.4 is 5.32 Å². The number of benzene rings is 1. The highest BCUT2D eigenvalue weighted by molar-refractivity contribution is 5.95. The molecule has 1 aromatic rings. The molecule has 1 atom stereocenters. The van der Waals surface area contributed by atoms with E-state index in [1.165, 1.54) is 18.2 Å². The Labute approximate surface area is 110 Å². The van der Waals surface area contributed by atoms with Crippen LogP contribution in [-0.2, 0) is 4.79 Å². The summed E-state index contributed by atoms with van der Waals surface area (Å²) in [6.07, 6.45) is 2.93. The second-order valence-electron chi connectivity index (χ2n) is 4.19. The zero-order chi connectivity index (χ0) is 14.4. The number of carbonyl (C=O) groups excluding carboxylic acids is 1. The highest BCUT2D eigenvalue weighted by atomic mass is 19.1. The van der Waals surface area contributed by atoms with Crippen molar-refractivity contribution < 1.29 is 19.1 Å². The first-order valence-electron chi connectivity index (χ1n) is 5.95. The molecular weight excluding hydrogens is 249 g/mol. The predicted molar refractivity (Wildman–Crippen MR) is 70.3 cm³/mol. The fourth-order valence-electron chi connectivity index (χ4n) is 1.39. The zero-order valence-corrected chi connectivity index (χ0v) is 10.8. The lowest BCUT2D eigenvalue weighted by atomic mass is 10.1. The molecule has 0 saturated heterocycles. The van der Waals surface area contributed by atoms with E-state index < -0.39 is 17.7 Å². The highest BCUT2D eigenvalue weighted by Crippen LogP contribution is 2.12. The number of halogens is 1. The molecule has 0 radical (unpaired) electrons. The molecule has 0 aliphatic rings. The molecule has 0 heterocycles. The number of amides is 1. The molecule has 102 valence electrons. The van der Waals surface area contributed by atoms with Crippen molar-refractivity contribution in [3.8, 4) is 0 Å². The van der Waals surface area contributed by atoms with Gasteiger partial charge in [0.2, 0.25) is 0 Å². The Hall–Kier alpha value is -2.17. The van der Waals surface area contributed by atoms with Crippen LogP contribution in [0.5, 0.6) is 0 Å². The standard InChI is InChI=1S/C14H16FNO3/c1-3-9(2)16-14(19)11-6-4-10(8-12(11)15)5-7-13(17)18/h4-9H,3H2,1-2H3,(H,16,19)(H,17,18). The third kappa shape index (κ3) is 4.54. The predicted octanol–water partition coefficient (Wildman–Crippen LogP) is 2.45. The van der Waals surface area contributed by atoms with E-state index in [1.54, 1.807) is 0 Å². The number of aliphatic carboxylic acids is 1. The summed E-state index contributed by atoms with van der Waals surface area (Å²) in [6, 6.07) is 3.94. The molecule has 1 aromatic carbocycles. The van der Waals surface area contributed by atoms with Crippen molar-refractivity contribution in [2.75, 3.05) is 0 Å². The van der Waals surface area contributed by atoms with Crippen LogP contribution in [0.2, 0.25) is 0 Å². The molecule has 0 aromatic heterocycles. The smallest absolute Gasteiger partial charge is 0.328 e. The van der Waals surface area contributed by atoms with Gasteiger partial charge in [0.25, 0.3) is 5.91 Å². The maximum absolute atomic E-state index is 13.7. The molecule has 0 spiro atoms. The largest absolute Gasteiger partial charge is 0.478 e. The van der Waals surface area contributed by atoms with Gasteiger partial charge in [-0.2, -0.15) is 0 Å². The van der Waals surface area contributed by atoms with Gasteiger partial charge in [-0.25, -0.2) is 9.18 Å². The number of carboxylic acids is 1. The number of rotatable bonds is 5. The minimum atomic E-state index is -1.11. The van der Waals surface area contributed by atoms with Crippen LogP contribution in [0.1, 0.15) is 36.2 Å². The van der Waals surface area contributed by atoms with Crippen LogP contribution in [0, 0.1) is 5.82 Å². The second-order valence-corrected chi connectivity index (χ2v) is 4.19. The molecule has 5 heteroatoms. The van der Waals surface area contributed by atoms with Gasteiger partial charge in [0.05, 0.1) is 5.56 Å². The lowest BCUT2D eigenvalue weighted by Gasteiger charge is -2.11. The molecule has 1 amide bonds. The third-order valence-corrected chi connectivity index (χ3v) is 2.65. The molecule has 4 nitrogen and oxygen atoms in total. The molecule has 2 N–H and O–H groups in total. The van der Waals surface area contributed by atoms with Crippen molar-refractivity contribution in [2.24, 2.45) is 0 Å². The Morgan fingerprint density at radius 3 is 2.68 bits per heavy atom. The van der Waals surface area contributed by atoms with Gasteiger partial charge >= 0.3 is 5.97 Å². The van der Waals surface area contributed by atoms with E-state index >= 15 is 0 Å². The monoisotopic (exact) mass is 265 g/mol. The summed E-state index contributed by atoms with van der Waals surface area (Å²) < 4.78 is 13.7. The van der Waals surface area contributed by atoms with Gasteiger partial charge in [-0.15, -0.1) is 0 Å². The third-order valence-electron chi connectivity index (χ3n) is 2.65. The molecule has 1 rings (SSSR count). The summed E-state index contributed by atoms with van der Waals surface area (Å²) in [4.78, 5) is 22.1. The first-order valence-corrected chi connectivity index (χ1v) is 5.95. The van der Waals surface area contributed by atoms with Gasteiger partial charge in [0.1, 0.15) is 5.82 Å². The summed E-state index contributed by atoms with van der Waals surface area (Å²) in [5.41, 5.74) is 0.341. The number of hydrogen-bond donors (Lipinski definition) is 2. The Kier molecular flexibility index (Phi) is 5.23. The molecule has 0 saturated carbocycles. The summed E-state index contributed by atoms with van der Waals surface area (Å²) in [5.74, 6) is -2.26. The Morgan fingerprint density at radius 2 is 2.16 bits per heavy atom. The van der Waals surface area contributed by atoms with Crippen molar-refractivity contribution in [1.29, 1.82) is 0 Å². The number of hydrogen-bond acceptors (Lipinski definition) is 2. The average molecular weight is 265 g/mol. The lowest BCUT2D eigenvalue weighted by molar-refractivity contribution is -0.131. The quantitative estimate of drug-likeness (QED) is 0.804. The molecule has 0 bridgehead atoms. The van der Waals surface area contributed by atoms with Gasteiger partial charge < -0.3 is 10.4 Å². The first kappa shape index (κ1) is 14.9. The fraction of sp³-hybridized carbons (Fsp3) is 0.286. The molecular formula is C14H16FNO3. The van der Waals surface area contributed by atoms with Gasteiger partial charge in [0.15, 0.2) is 0 Å². The maximum atomic E-state index is 13.7. The van der Waals surface area contributed by atoms with Gasteiger partial charge in [0, 0.05) is 12.1 Å². The van der Waals surface area contributed by atoms with E-state index in [-0.39, 0.29) is 11.6 Å². The summed E-state index contributed by atoms with van der Waals surface area (Å²) in [7, 11) is 0. The van der Waals surface area contributed by atoms with E-state index in [0.29, 0.717) is 5.56 Å². The first-order chi connectivity index (χ1) is 8.93. The molecule has 0 fully saturated rings. The van der Waals surface area contributed by atoms with Crippen molar-refractivity contribution in [1.82, 2.24) is 5.32 Å². The van der Waals surface area contributed by atoms with Crippen molar-refractivity contribution in [2.45, 2.75) is 26.3 Å². The van der Waals surface area contributed by atoms with Gasteiger partial charge in [-0.3, -0.25) is 4.79 Å². The molecule has 0 aliphatic carbocycles. The maximum Gasteiger partial charge on any atom is 0.328 e. The van der Waals surface area contributed by atoms with Crippen molar-refractivity contribution in [3.05, 3.63) is 41.2 Å². The van der Waals surface area contributed by atoms with E-state index in [2.05, 4.69) is 5.32 Å². The Morgan fingerprint density at radius 1 is 1.47 bits per heavy atom. The number of carbonyl (C=O) groups is 2. The summed E-state index contributed by atoms with van der Waals surface area (Å²) in [5, 5.41) is 11.1. The van der Waals surface area contributed by atoms with Crippen LogP contribution in [-0.4, -0.2) is 23.0 Å². The van der Waals surface area contributed by atoms with Crippen LogP contribution in [0.15, 0.2) is 24.3 Å². The summed E-state index contributed by atoms with van der Waals surface area (Å²) >= 11 is 0. The van der Waals surface area contributed by atoms with Gasteiger partial charge in [-0.1, -0.05) is 13.0 Å². The Balaban J connectivity index is 2.88. The lowest BCUT2D eigenvalue weighted by Crippen LogP contribution is -2.32. The molecule has 0 aliphatic heterocycles. The SMILES string of the molecule is CCC(C)NC(=O)c1ccc(C=CC(=O)O)cc1F. The molecule has 1 unspecified atom stereocenters. The van der Waals surface area contributed by atoms with Crippen LogP contribution in [0.3, 0.4) is 0 Å². The van der Waals surface area contributed by atoms with Crippen molar-refractivity contribution in [3.63, 3.8) is 0 Å². The minimum absolute atomic E-state index is 0.0292. The zero-order valence-electron chi connectivity index (χ0n) is 10.8. The highest BCUT2D eigenvalue weighted by Gasteiger charge is 2.13. The van der Waals surface area contributed by atoms with E-state index in [4.69, 9.17) is 5.11 Å². The second kappa shape index (κ2) is 6.68. The van der Waals surface area contributed by atoms with E-state index in [9.17, 15) is 14.0 Å². The number of nitrogens with one attached hydrogen (secondary N) is 1. The minimum Gasteiger partial charge on any atom is -0.478 e. The van der Waals surface area contributed by atoms with Crippen LogP contribution >= 0.6 is 0 Å². The molecule has 19 heavy (non-hydrogen) atoms. The summed E-state index contributed by atoms with van der Waals surface area (Å²) in [6.45, 7) is 3.75. The van der Waals surface area contributed by atoms with Gasteiger partial charge in [-0.05, 0) is 37.1 Å². The topological polar surface area (TPSA) is 66.4 Å². The van der Waals surface area contributed by atoms with E-state index in [0.717, 1.165) is 18.6 Å². The van der Waals surface area contributed by atoms with E-state index in [1.807, 2.05) is 13.8 Å². The van der Waals surface area contributed by atoms with Crippen molar-refractivity contribution >= 4 is 18.0 Å². The van der Waals surface area contributed by atoms with Crippen LogP contribution in [0.25, 0.3) is 6.08 Å². The normalized spacial score (nSPS) is 12.4. The fourth-order valence-corrected chi connectivity index (χ4v) is 1.39. The number of carboxylic acid groups (broad SMARTS) is 1. The van der Waals surface area contributed by atoms with Crippen LogP contribution in [0.4, 0.5) is 4.39 Å².